The molecule has 0 aliphatic rings. The summed E-state index contributed by atoms with van der Waals surface area (Å²) in [6.45, 7) is 7.36. The third-order valence-electron chi connectivity index (χ3n) is 1.95. The highest BCUT2D eigenvalue weighted by Crippen LogP contribution is 2.09. The Labute approximate surface area is 76.5 Å². The molecular formula is C8H15N3S. The Morgan fingerprint density at radius 1 is 1.50 bits per heavy atom. The number of aryl methyl sites for hydroxylation is 1. The largest absolute Gasteiger partial charge is 0.320 e. The quantitative estimate of drug-likeness (QED) is 0.548. The molecule has 0 unspecified atom stereocenters. The van der Waals surface area contributed by atoms with E-state index < -0.39 is 0 Å². The molecule has 0 amide bonds. The normalized spacial score (nSPS) is 12.4. The van der Waals surface area contributed by atoms with Crippen molar-refractivity contribution in [2.45, 2.75) is 33.7 Å². The van der Waals surface area contributed by atoms with Crippen molar-refractivity contribution in [1.82, 2.24) is 4.57 Å². The fourth-order valence-corrected chi connectivity index (χ4v) is 2.11. The van der Waals surface area contributed by atoms with Gasteiger partial charge >= 0.3 is 0 Å². The van der Waals surface area contributed by atoms with Crippen molar-refractivity contribution in [3.63, 3.8) is 0 Å². The lowest BCUT2D eigenvalue weighted by molar-refractivity contribution is 0.637. The molecule has 0 bridgehead atoms. The van der Waals surface area contributed by atoms with Gasteiger partial charge in [-0.3, -0.25) is 0 Å². The van der Waals surface area contributed by atoms with Crippen LogP contribution in [0.5, 0.6) is 0 Å². The summed E-state index contributed by atoms with van der Waals surface area (Å²) in [7, 11) is 0. The predicted octanol–water partition coefficient (Wildman–Crippen LogP) is 1.35. The van der Waals surface area contributed by atoms with E-state index in [2.05, 4.69) is 30.4 Å². The lowest BCUT2D eigenvalue weighted by atomic mass is 10.4. The summed E-state index contributed by atoms with van der Waals surface area (Å²) in [5.74, 6) is 5.28. The van der Waals surface area contributed by atoms with E-state index >= 15 is 0 Å². The monoisotopic (exact) mass is 185 g/mol. The SMILES string of the molecule is CCCn1c(C)c(C)s/c1=N\N. The molecule has 68 valence electrons. The predicted molar refractivity (Wildman–Crippen MR) is 51.8 cm³/mol. The van der Waals surface area contributed by atoms with Gasteiger partial charge in [0, 0.05) is 17.1 Å². The van der Waals surface area contributed by atoms with Crippen LogP contribution < -0.4 is 10.6 Å². The van der Waals surface area contributed by atoms with Crippen LogP contribution in [0.15, 0.2) is 5.10 Å². The second-order valence-electron chi connectivity index (χ2n) is 2.81. The summed E-state index contributed by atoms with van der Waals surface area (Å²) in [6.07, 6.45) is 1.12. The molecule has 0 saturated heterocycles. The first kappa shape index (κ1) is 9.32. The molecule has 12 heavy (non-hydrogen) atoms. The van der Waals surface area contributed by atoms with Crippen molar-refractivity contribution in [2.24, 2.45) is 10.9 Å². The van der Waals surface area contributed by atoms with Crippen LogP contribution in [0.2, 0.25) is 0 Å². The van der Waals surface area contributed by atoms with Gasteiger partial charge in [0.05, 0.1) is 0 Å². The number of hydrogen-bond donors (Lipinski definition) is 1. The molecule has 2 N–H and O–H groups in total. The van der Waals surface area contributed by atoms with Crippen LogP contribution in [0.1, 0.15) is 23.9 Å². The summed E-state index contributed by atoms with van der Waals surface area (Å²) < 4.78 is 2.17. The third-order valence-corrected chi connectivity index (χ3v) is 3.06. The van der Waals surface area contributed by atoms with E-state index in [1.165, 1.54) is 10.6 Å². The molecule has 0 aliphatic carbocycles. The van der Waals surface area contributed by atoms with E-state index in [-0.39, 0.29) is 0 Å². The van der Waals surface area contributed by atoms with E-state index in [1.807, 2.05) is 0 Å². The molecule has 4 heteroatoms. The van der Waals surface area contributed by atoms with Crippen molar-refractivity contribution in [3.05, 3.63) is 15.4 Å². The minimum absolute atomic E-state index is 0.923. The van der Waals surface area contributed by atoms with Gasteiger partial charge in [0.15, 0.2) is 0 Å². The van der Waals surface area contributed by atoms with Crippen molar-refractivity contribution < 1.29 is 0 Å². The Morgan fingerprint density at radius 2 is 2.17 bits per heavy atom. The first-order chi connectivity index (χ1) is 5.70. The first-order valence-electron chi connectivity index (χ1n) is 4.11. The molecule has 1 aromatic heterocycles. The van der Waals surface area contributed by atoms with Crippen LogP contribution in [0.4, 0.5) is 0 Å². The van der Waals surface area contributed by atoms with Crippen molar-refractivity contribution >= 4 is 11.3 Å². The Kier molecular flexibility index (Phi) is 2.92. The molecule has 0 fully saturated rings. The molecule has 0 saturated carbocycles. The van der Waals surface area contributed by atoms with Gasteiger partial charge in [-0.2, -0.15) is 5.10 Å². The zero-order valence-electron chi connectivity index (χ0n) is 7.79. The number of rotatable bonds is 2. The van der Waals surface area contributed by atoms with Crippen LogP contribution in [-0.2, 0) is 6.54 Å². The van der Waals surface area contributed by atoms with Gasteiger partial charge in [-0.25, -0.2) is 0 Å². The Morgan fingerprint density at radius 3 is 2.67 bits per heavy atom. The minimum Gasteiger partial charge on any atom is -0.320 e. The molecule has 0 spiro atoms. The van der Waals surface area contributed by atoms with Gasteiger partial charge in [-0.05, 0) is 20.3 Å². The lowest BCUT2D eigenvalue weighted by Crippen LogP contribution is -2.17. The first-order valence-corrected chi connectivity index (χ1v) is 4.93. The average Bonchev–Trinajstić information content (AvgIpc) is 2.33. The summed E-state index contributed by atoms with van der Waals surface area (Å²) in [5.41, 5.74) is 1.28. The van der Waals surface area contributed by atoms with Crippen LogP contribution in [0.3, 0.4) is 0 Å². The standard InChI is InChI=1S/C8H15N3S/c1-4-5-11-6(2)7(3)12-8(11)10-9/h4-5,9H2,1-3H3/b10-8-. The highest BCUT2D eigenvalue weighted by molar-refractivity contribution is 7.09. The second kappa shape index (κ2) is 3.76. The van der Waals surface area contributed by atoms with E-state index in [0.717, 1.165) is 17.8 Å². The van der Waals surface area contributed by atoms with Crippen LogP contribution in [0.25, 0.3) is 0 Å². The molecule has 0 atom stereocenters. The topological polar surface area (TPSA) is 43.3 Å². The summed E-state index contributed by atoms with van der Waals surface area (Å²) in [5, 5.41) is 3.75. The summed E-state index contributed by atoms with van der Waals surface area (Å²) in [4.78, 5) is 2.22. The van der Waals surface area contributed by atoms with Gasteiger partial charge < -0.3 is 10.4 Å². The summed E-state index contributed by atoms with van der Waals surface area (Å²) in [6, 6.07) is 0. The number of thiazole rings is 1. The average molecular weight is 185 g/mol. The van der Waals surface area contributed by atoms with Gasteiger partial charge in [-0.1, -0.05) is 6.92 Å². The van der Waals surface area contributed by atoms with Crippen molar-refractivity contribution in [3.8, 4) is 0 Å². The Balaban J connectivity index is 3.22. The molecular weight excluding hydrogens is 170 g/mol. The minimum atomic E-state index is 0.923. The van der Waals surface area contributed by atoms with Gasteiger partial charge in [-0.15, -0.1) is 11.3 Å². The summed E-state index contributed by atoms with van der Waals surface area (Å²) >= 11 is 1.65. The fourth-order valence-electron chi connectivity index (χ4n) is 1.18. The van der Waals surface area contributed by atoms with E-state index in [9.17, 15) is 0 Å². The lowest BCUT2D eigenvalue weighted by Gasteiger charge is -2.02. The Bertz CT molecular complexity index is 322. The number of nitrogens with zero attached hydrogens (tertiary/aromatic N) is 2. The molecule has 3 nitrogen and oxygen atoms in total. The zero-order valence-corrected chi connectivity index (χ0v) is 8.61. The highest BCUT2D eigenvalue weighted by atomic mass is 32.1. The van der Waals surface area contributed by atoms with E-state index in [1.54, 1.807) is 11.3 Å². The molecule has 0 aliphatic heterocycles. The van der Waals surface area contributed by atoms with Gasteiger partial charge in [0.1, 0.15) is 0 Å². The molecule has 1 aromatic rings. The van der Waals surface area contributed by atoms with E-state index in [4.69, 9.17) is 5.84 Å². The van der Waals surface area contributed by atoms with Crippen LogP contribution in [-0.4, -0.2) is 4.57 Å². The molecule has 0 aromatic carbocycles. The van der Waals surface area contributed by atoms with Crippen LogP contribution >= 0.6 is 11.3 Å². The second-order valence-corrected chi connectivity index (χ2v) is 3.99. The smallest absolute Gasteiger partial charge is 0.207 e. The van der Waals surface area contributed by atoms with Crippen molar-refractivity contribution in [1.29, 1.82) is 0 Å². The van der Waals surface area contributed by atoms with E-state index in [0.29, 0.717) is 0 Å². The maximum Gasteiger partial charge on any atom is 0.207 e. The fraction of sp³-hybridized carbons (Fsp3) is 0.625. The molecule has 1 rings (SSSR count). The number of hydrogen-bond acceptors (Lipinski definition) is 3. The van der Waals surface area contributed by atoms with Gasteiger partial charge in [0.2, 0.25) is 4.80 Å². The molecule has 1 heterocycles. The Hall–Kier alpha value is -0.770. The van der Waals surface area contributed by atoms with Crippen LogP contribution in [0, 0.1) is 13.8 Å². The number of nitrogens with two attached hydrogens (primary N) is 1. The third kappa shape index (κ3) is 1.53. The van der Waals surface area contributed by atoms with Gasteiger partial charge in [0.25, 0.3) is 0 Å². The highest BCUT2D eigenvalue weighted by Gasteiger charge is 2.03. The zero-order chi connectivity index (χ0) is 9.14. The molecule has 0 radical (unpaired) electrons. The maximum absolute atomic E-state index is 5.28. The maximum atomic E-state index is 5.28. The van der Waals surface area contributed by atoms with Crippen molar-refractivity contribution in [2.75, 3.05) is 0 Å². The number of aromatic nitrogens is 1.